The zero-order valence-electron chi connectivity index (χ0n) is 11.1. The Kier molecular flexibility index (Phi) is 4.62. The molecule has 0 saturated carbocycles. The summed E-state index contributed by atoms with van der Waals surface area (Å²) < 4.78 is 0. The van der Waals surface area contributed by atoms with Crippen LogP contribution in [0.3, 0.4) is 0 Å². The Bertz CT molecular complexity index is 369. The smallest absolute Gasteiger partial charge is 0.223 e. The molecular formula is C15H22N2O. The maximum absolute atomic E-state index is 11.9. The summed E-state index contributed by atoms with van der Waals surface area (Å²) in [7, 11) is 0. The highest BCUT2D eigenvalue weighted by Crippen LogP contribution is 2.22. The number of hydrogen-bond acceptors (Lipinski definition) is 2. The summed E-state index contributed by atoms with van der Waals surface area (Å²) in [6.07, 6.45) is 2.93. The molecular weight excluding hydrogens is 224 g/mol. The highest BCUT2D eigenvalue weighted by molar-refractivity contribution is 5.78. The van der Waals surface area contributed by atoms with Gasteiger partial charge in [-0.15, -0.1) is 0 Å². The van der Waals surface area contributed by atoms with Crippen molar-refractivity contribution in [3.8, 4) is 0 Å². The lowest BCUT2D eigenvalue weighted by atomic mass is 9.95. The number of carbonyl (C=O) groups excluding carboxylic acids is 1. The highest BCUT2D eigenvalue weighted by atomic mass is 16.1. The molecule has 2 rings (SSSR count). The highest BCUT2D eigenvalue weighted by Gasteiger charge is 2.24. The molecule has 1 aliphatic heterocycles. The Hall–Kier alpha value is -1.51. The number of anilines is 1. The predicted molar refractivity (Wildman–Crippen MR) is 74.7 cm³/mol. The molecule has 98 valence electrons. The zero-order chi connectivity index (χ0) is 12.8. The van der Waals surface area contributed by atoms with E-state index in [1.807, 2.05) is 6.07 Å². The standard InChI is InChI=1S/C15H22N2O/c1-2-10-16-15(18)13-8-11-17(12-9-13)14-6-4-3-5-7-14/h3-7,13H,2,8-12H2,1H3,(H,16,18). The number of carbonyl (C=O) groups is 1. The predicted octanol–water partition coefficient (Wildman–Crippen LogP) is 2.43. The number of rotatable bonds is 4. The molecule has 1 saturated heterocycles. The number of hydrogen-bond donors (Lipinski definition) is 1. The average Bonchev–Trinajstić information content (AvgIpc) is 2.46. The van der Waals surface area contributed by atoms with Crippen LogP contribution in [0.25, 0.3) is 0 Å². The molecule has 0 spiro atoms. The Morgan fingerprint density at radius 1 is 1.28 bits per heavy atom. The molecule has 3 nitrogen and oxygen atoms in total. The Labute approximate surface area is 109 Å². The van der Waals surface area contributed by atoms with Crippen LogP contribution in [0.2, 0.25) is 0 Å². The molecule has 0 atom stereocenters. The van der Waals surface area contributed by atoms with Gasteiger partial charge in [-0.05, 0) is 31.4 Å². The van der Waals surface area contributed by atoms with E-state index in [0.717, 1.165) is 38.9 Å². The molecule has 1 heterocycles. The van der Waals surface area contributed by atoms with Gasteiger partial charge in [0.15, 0.2) is 0 Å². The second-order valence-corrected chi connectivity index (χ2v) is 4.89. The Balaban J connectivity index is 1.83. The van der Waals surface area contributed by atoms with Crippen molar-refractivity contribution in [2.75, 3.05) is 24.5 Å². The molecule has 0 radical (unpaired) electrons. The van der Waals surface area contributed by atoms with E-state index in [1.165, 1.54) is 5.69 Å². The number of amides is 1. The molecule has 0 bridgehead atoms. The van der Waals surface area contributed by atoms with E-state index in [-0.39, 0.29) is 11.8 Å². The summed E-state index contributed by atoms with van der Waals surface area (Å²) in [6.45, 7) is 4.85. The van der Waals surface area contributed by atoms with E-state index in [2.05, 4.69) is 41.4 Å². The van der Waals surface area contributed by atoms with Gasteiger partial charge in [-0.25, -0.2) is 0 Å². The third-order valence-corrected chi connectivity index (χ3v) is 3.54. The first-order chi connectivity index (χ1) is 8.81. The average molecular weight is 246 g/mol. The van der Waals surface area contributed by atoms with Crippen molar-refractivity contribution in [3.05, 3.63) is 30.3 Å². The molecule has 1 N–H and O–H groups in total. The van der Waals surface area contributed by atoms with E-state index >= 15 is 0 Å². The lowest BCUT2D eigenvalue weighted by Gasteiger charge is -2.33. The fourth-order valence-corrected chi connectivity index (χ4v) is 2.43. The van der Waals surface area contributed by atoms with Crippen molar-refractivity contribution in [1.82, 2.24) is 5.32 Å². The Morgan fingerprint density at radius 2 is 1.94 bits per heavy atom. The minimum atomic E-state index is 0.205. The van der Waals surface area contributed by atoms with E-state index in [0.29, 0.717) is 0 Å². The van der Waals surface area contributed by atoms with Crippen LogP contribution in [-0.2, 0) is 4.79 Å². The molecule has 0 aliphatic carbocycles. The van der Waals surface area contributed by atoms with Gasteiger partial charge in [0, 0.05) is 31.2 Å². The summed E-state index contributed by atoms with van der Waals surface area (Å²) in [5.74, 6) is 0.445. The molecule has 0 unspecified atom stereocenters. The van der Waals surface area contributed by atoms with Gasteiger partial charge in [-0.3, -0.25) is 4.79 Å². The largest absolute Gasteiger partial charge is 0.371 e. The summed E-state index contributed by atoms with van der Waals surface area (Å²) >= 11 is 0. The molecule has 0 aromatic heterocycles. The number of para-hydroxylation sites is 1. The van der Waals surface area contributed by atoms with Gasteiger partial charge < -0.3 is 10.2 Å². The van der Waals surface area contributed by atoms with Crippen LogP contribution >= 0.6 is 0 Å². The van der Waals surface area contributed by atoms with Gasteiger partial charge in [0.25, 0.3) is 0 Å². The van der Waals surface area contributed by atoms with Crippen LogP contribution in [-0.4, -0.2) is 25.5 Å². The van der Waals surface area contributed by atoms with Crippen LogP contribution in [0.5, 0.6) is 0 Å². The maximum Gasteiger partial charge on any atom is 0.223 e. The number of benzene rings is 1. The first-order valence-electron chi connectivity index (χ1n) is 6.89. The second kappa shape index (κ2) is 6.43. The second-order valence-electron chi connectivity index (χ2n) is 4.89. The van der Waals surface area contributed by atoms with E-state index in [4.69, 9.17) is 0 Å². The SMILES string of the molecule is CCCNC(=O)C1CCN(c2ccccc2)CC1. The van der Waals surface area contributed by atoms with Gasteiger partial charge in [0.2, 0.25) is 5.91 Å². The molecule has 1 fully saturated rings. The van der Waals surface area contributed by atoms with Crippen molar-refractivity contribution in [2.45, 2.75) is 26.2 Å². The fourth-order valence-electron chi connectivity index (χ4n) is 2.43. The van der Waals surface area contributed by atoms with E-state index < -0.39 is 0 Å². The monoisotopic (exact) mass is 246 g/mol. The Morgan fingerprint density at radius 3 is 2.56 bits per heavy atom. The third-order valence-electron chi connectivity index (χ3n) is 3.54. The topological polar surface area (TPSA) is 32.3 Å². The van der Waals surface area contributed by atoms with Crippen molar-refractivity contribution < 1.29 is 4.79 Å². The molecule has 1 aromatic rings. The maximum atomic E-state index is 11.9. The number of nitrogens with one attached hydrogen (secondary N) is 1. The van der Waals surface area contributed by atoms with Crippen LogP contribution < -0.4 is 10.2 Å². The summed E-state index contributed by atoms with van der Waals surface area (Å²) in [6, 6.07) is 10.4. The van der Waals surface area contributed by atoms with Gasteiger partial charge >= 0.3 is 0 Å². The van der Waals surface area contributed by atoms with Crippen LogP contribution in [0, 0.1) is 5.92 Å². The van der Waals surface area contributed by atoms with Gasteiger partial charge in [-0.2, -0.15) is 0 Å². The van der Waals surface area contributed by atoms with Crippen molar-refractivity contribution >= 4 is 11.6 Å². The summed E-state index contributed by atoms with van der Waals surface area (Å²) in [5.41, 5.74) is 1.27. The van der Waals surface area contributed by atoms with Crippen molar-refractivity contribution in [1.29, 1.82) is 0 Å². The van der Waals surface area contributed by atoms with Gasteiger partial charge in [-0.1, -0.05) is 25.1 Å². The molecule has 18 heavy (non-hydrogen) atoms. The van der Waals surface area contributed by atoms with Crippen LogP contribution in [0.15, 0.2) is 30.3 Å². The summed E-state index contributed by atoms with van der Waals surface area (Å²) in [4.78, 5) is 14.2. The van der Waals surface area contributed by atoms with Crippen molar-refractivity contribution in [2.24, 2.45) is 5.92 Å². The van der Waals surface area contributed by atoms with Gasteiger partial charge in [0.05, 0.1) is 0 Å². The fraction of sp³-hybridized carbons (Fsp3) is 0.533. The molecule has 3 heteroatoms. The van der Waals surface area contributed by atoms with E-state index in [9.17, 15) is 4.79 Å². The number of nitrogens with zero attached hydrogens (tertiary/aromatic N) is 1. The van der Waals surface area contributed by atoms with Crippen LogP contribution in [0.4, 0.5) is 5.69 Å². The first-order valence-corrected chi connectivity index (χ1v) is 6.89. The van der Waals surface area contributed by atoms with Gasteiger partial charge in [0.1, 0.15) is 0 Å². The minimum absolute atomic E-state index is 0.205. The lowest BCUT2D eigenvalue weighted by molar-refractivity contribution is -0.125. The normalized spacial score (nSPS) is 16.6. The molecule has 1 aliphatic rings. The van der Waals surface area contributed by atoms with E-state index in [1.54, 1.807) is 0 Å². The van der Waals surface area contributed by atoms with Crippen molar-refractivity contribution in [3.63, 3.8) is 0 Å². The minimum Gasteiger partial charge on any atom is -0.371 e. The first kappa shape index (κ1) is 12.9. The van der Waals surface area contributed by atoms with Crippen LogP contribution in [0.1, 0.15) is 26.2 Å². The third kappa shape index (κ3) is 3.25. The quantitative estimate of drug-likeness (QED) is 0.885. The zero-order valence-corrected chi connectivity index (χ0v) is 11.1. The number of piperidine rings is 1. The molecule has 1 aromatic carbocycles. The lowest BCUT2D eigenvalue weighted by Crippen LogP contribution is -2.40. The summed E-state index contributed by atoms with van der Waals surface area (Å²) in [5, 5.41) is 3.00. The molecule has 1 amide bonds.